The van der Waals surface area contributed by atoms with Crippen LogP contribution in [-0.2, 0) is 16.6 Å². The Morgan fingerprint density at radius 1 is 1.20 bits per heavy atom. The Morgan fingerprint density at radius 2 is 1.97 bits per heavy atom. The van der Waals surface area contributed by atoms with Crippen LogP contribution in [0.2, 0.25) is 0 Å². The fourth-order valence-electron chi connectivity index (χ4n) is 4.20. The number of nitrogens with one attached hydrogen (secondary N) is 2. The highest BCUT2D eigenvalue weighted by Crippen LogP contribution is 2.25. The van der Waals surface area contributed by atoms with Crippen molar-refractivity contribution in [3.05, 3.63) is 36.0 Å². The van der Waals surface area contributed by atoms with Crippen molar-refractivity contribution in [3.8, 4) is 0 Å². The van der Waals surface area contributed by atoms with E-state index in [-0.39, 0.29) is 17.9 Å². The maximum absolute atomic E-state index is 13.0. The number of aryl methyl sites for hydroxylation is 1. The van der Waals surface area contributed by atoms with Crippen molar-refractivity contribution in [2.45, 2.75) is 64.0 Å². The average molecular weight is 414 g/mol. The van der Waals surface area contributed by atoms with Gasteiger partial charge >= 0.3 is 5.97 Å². The summed E-state index contributed by atoms with van der Waals surface area (Å²) in [6.07, 6.45) is 7.14. The maximum Gasteiger partial charge on any atom is 0.308 e. The van der Waals surface area contributed by atoms with Gasteiger partial charge in [-0.15, -0.1) is 0 Å². The van der Waals surface area contributed by atoms with Gasteiger partial charge in [0.2, 0.25) is 5.91 Å². The van der Waals surface area contributed by atoms with Gasteiger partial charge in [0, 0.05) is 30.4 Å². The van der Waals surface area contributed by atoms with E-state index < -0.39 is 17.9 Å². The second-order valence-electron chi connectivity index (χ2n) is 8.21. The number of aromatic nitrogens is 1. The highest BCUT2D eigenvalue weighted by molar-refractivity contribution is 6.00. The lowest BCUT2D eigenvalue weighted by Crippen LogP contribution is -2.53. The number of carbonyl (C=O) groups excluding carboxylic acids is 2. The van der Waals surface area contributed by atoms with E-state index in [2.05, 4.69) is 10.6 Å². The van der Waals surface area contributed by atoms with Crippen molar-refractivity contribution in [3.63, 3.8) is 0 Å². The first-order chi connectivity index (χ1) is 14.4. The Kier molecular flexibility index (Phi) is 7.13. The number of carbonyl (C=O) groups is 3. The molecule has 7 nitrogen and oxygen atoms in total. The van der Waals surface area contributed by atoms with E-state index in [0.29, 0.717) is 24.8 Å². The maximum atomic E-state index is 13.0. The summed E-state index contributed by atoms with van der Waals surface area (Å²) < 4.78 is 1.95. The number of benzene rings is 1. The predicted molar refractivity (Wildman–Crippen MR) is 115 cm³/mol. The molecular formula is C23H31N3O4. The van der Waals surface area contributed by atoms with Crippen LogP contribution in [0.5, 0.6) is 0 Å². The van der Waals surface area contributed by atoms with Gasteiger partial charge in [0.25, 0.3) is 5.91 Å². The van der Waals surface area contributed by atoms with Crippen molar-refractivity contribution in [2.24, 2.45) is 13.0 Å². The van der Waals surface area contributed by atoms with Gasteiger partial charge in [0.15, 0.2) is 0 Å². The second kappa shape index (κ2) is 9.78. The van der Waals surface area contributed by atoms with Crippen molar-refractivity contribution < 1.29 is 19.5 Å². The number of aliphatic carboxylic acids is 1. The molecule has 0 unspecified atom stereocenters. The highest BCUT2D eigenvalue weighted by atomic mass is 16.4. The first-order valence-electron chi connectivity index (χ1n) is 10.8. The third kappa shape index (κ3) is 5.01. The van der Waals surface area contributed by atoms with Gasteiger partial charge in [-0.2, -0.15) is 0 Å². The molecule has 3 atom stereocenters. The lowest BCUT2D eigenvalue weighted by molar-refractivity contribution is -0.144. The number of nitrogens with zero attached hydrogens (tertiary/aromatic N) is 1. The highest BCUT2D eigenvalue weighted by Gasteiger charge is 2.33. The number of hydrogen-bond acceptors (Lipinski definition) is 3. The number of rotatable bonds is 8. The number of hydrogen-bond donors (Lipinski definition) is 3. The number of carboxylic acids is 1. The van der Waals surface area contributed by atoms with E-state index in [1.54, 1.807) is 6.07 Å². The van der Waals surface area contributed by atoms with E-state index in [1.165, 1.54) is 0 Å². The summed E-state index contributed by atoms with van der Waals surface area (Å²) in [7, 11) is 1.92. The molecule has 30 heavy (non-hydrogen) atoms. The summed E-state index contributed by atoms with van der Waals surface area (Å²) in [5.74, 6) is -2.03. The Hall–Kier alpha value is -2.83. The molecule has 1 aromatic carbocycles. The topological polar surface area (TPSA) is 100 Å². The Bertz CT molecular complexity index is 920. The van der Waals surface area contributed by atoms with Gasteiger partial charge in [0.1, 0.15) is 6.04 Å². The summed E-state index contributed by atoms with van der Waals surface area (Å²) in [5.41, 5.74) is 1.45. The minimum Gasteiger partial charge on any atom is -0.481 e. The zero-order chi connectivity index (χ0) is 21.7. The van der Waals surface area contributed by atoms with Crippen molar-refractivity contribution in [2.75, 3.05) is 0 Å². The molecule has 1 aliphatic rings. The van der Waals surface area contributed by atoms with E-state index in [1.807, 2.05) is 42.9 Å². The Morgan fingerprint density at radius 3 is 2.70 bits per heavy atom. The third-order valence-electron chi connectivity index (χ3n) is 6.03. The van der Waals surface area contributed by atoms with Crippen molar-refractivity contribution in [1.29, 1.82) is 0 Å². The molecule has 1 saturated carbocycles. The van der Waals surface area contributed by atoms with Gasteiger partial charge in [-0.05, 0) is 42.8 Å². The minimum atomic E-state index is -0.870. The fourth-order valence-corrected chi connectivity index (χ4v) is 4.20. The van der Waals surface area contributed by atoms with E-state index in [9.17, 15) is 19.5 Å². The molecule has 1 heterocycles. The molecule has 1 aliphatic carbocycles. The second-order valence-corrected chi connectivity index (χ2v) is 8.21. The molecule has 1 fully saturated rings. The number of amides is 2. The molecule has 0 spiro atoms. The molecular weight excluding hydrogens is 382 g/mol. The molecule has 0 saturated heterocycles. The summed E-state index contributed by atoms with van der Waals surface area (Å²) in [6.45, 7) is 2.03. The molecule has 3 N–H and O–H groups in total. The summed E-state index contributed by atoms with van der Waals surface area (Å²) in [5, 5.41) is 16.3. The van der Waals surface area contributed by atoms with Gasteiger partial charge < -0.3 is 20.3 Å². The monoisotopic (exact) mass is 413 g/mol. The standard InChI is InChI=1S/C23H31N3O4/c1-3-4-8-19(22(28)24-18-9-6-5-7-17(18)23(29)30)25-21(27)16-11-10-15-12-13-26(2)20(15)14-16/h10-14,17-19H,3-9H2,1-2H3,(H,24,28)(H,25,27)(H,29,30)/t17-,18+,19+/m1/s1. The molecule has 7 heteroatoms. The van der Waals surface area contributed by atoms with Crippen molar-refractivity contribution >= 4 is 28.7 Å². The number of carboxylic acid groups (broad SMARTS) is 1. The Balaban J connectivity index is 1.72. The predicted octanol–water partition coefficient (Wildman–Crippen LogP) is 3.23. The van der Waals surface area contributed by atoms with Gasteiger partial charge in [-0.3, -0.25) is 14.4 Å². The quantitative estimate of drug-likeness (QED) is 0.618. The minimum absolute atomic E-state index is 0.296. The first kappa shape index (κ1) is 21.9. The largest absolute Gasteiger partial charge is 0.481 e. The summed E-state index contributed by atoms with van der Waals surface area (Å²) >= 11 is 0. The number of fused-ring (bicyclic) bond motifs is 1. The van der Waals surface area contributed by atoms with Crippen LogP contribution in [-0.4, -0.2) is 39.5 Å². The van der Waals surface area contributed by atoms with Gasteiger partial charge in [-0.25, -0.2) is 0 Å². The lowest BCUT2D eigenvalue weighted by atomic mass is 9.84. The smallest absolute Gasteiger partial charge is 0.308 e. The zero-order valence-corrected chi connectivity index (χ0v) is 17.7. The summed E-state index contributed by atoms with van der Waals surface area (Å²) in [4.78, 5) is 37.4. The van der Waals surface area contributed by atoms with E-state index in [0.717, 1.165) is 36.6 Å². The molecule has 2 aromatic rings. The molecule has 1 aromatic heterocycles. The van der Waals surface area contributed by atoms with E-state index in [4.69, 9.17) is 0 Å². The van der Waals surface area contributed by atoms with E-state index >= 15 is 0 Å². The Labute approximate surface area is 176 Å². The lowest BCUT2D eigenvalue weighted by Gasteiger charge is -2.31. The van der Waals surface area contributed by atoms with Gasteiger partial charge in [0.05, 0.1) is 5.92 Å². The number of unbranched alkanes of at least 4 members (excludes halogenated alkanes) is 1. The van der Waals surface area contributed by atoms with Crippen LogP contribution in [0.3, 0.4) is 0 Å². The van der Waals surface area contributed by atoms with Crippen LogP contribution in [0.15, 0.2) is 30.5 Å². The molecule has 0 bridgehead atoms. The molecule has 162 valence electrons. The molecule has 0 radical (unpaired) electrons. The van der Waals surface area contributed by atoms with Crippen molar-refractivity contribution in [1.82, 2.24) is 15.2 Å². The fraction of sp³-hybridized carbons (Fsp3) is 0.522. The third-order valence-corrected chi connectivity index (χ3v) is 6.03. The molecule has 2 amide bonds. The molecule has 3 rings (SSSR count). The molecule has 0 aliphatic heterocycles. The first-order valence-corrected chi connectivity index (χ1v) is 10.8. The SMILES string of the molecule is CCCC[C@H](NC(=O)c1ccc2ccn(C)c2c1)C(=O)N[C@H]1CCCC[C@H]1C(=O)O. The average Bonchev–Trinajstić information content (AvgIpc) is 3.11. The van der Waals surface area contributed by atoms with Crippen LogP contribution in [0.1, 0.15) is 62.2 Å². The van der Waals surface area contributed by atoms with Crippen LogP contribution in [0.25, 0.3) is 10.9 Å². The van der Waals surface area contributed by atoms with Crippen LogP contribution in [0.4, 0.5) is 0 Å². The van der Waals surface area contributed by atoms with Crippen LogP contribution < -0.4 is 10.6 Å². The van der Waals surface area contributed by atoms with Gasteiger partial charge in [-0.1, -0.05) is 38.7 Å². The van der Waals surface area contributed by atoms with Crippen LogP contribution in [0, 0.1) is 5.92 Å². The zero-order valence-electron chi connectivity index (χ0n) is 17.7. The summed E-state index contributed by atoms with van der Waals surface area (Å²) in [6, 6.07) is 6.39. The van der Waals surface area contributed by atoms with Crippen LogP contribution >= 0.6 is 0 Å². The normalized spacial score (nSPS) is 19.9.